The number of carbonyl (C=O) groups excluding carboxylic acids is 2. The van der Waals surface area contributed by atoms with Crippen LogP contribution < -0.4 is 0 Å². The summed E-state index contributed by atoms with van der Waals surface area (Å²) in [5.74, 6) is -0.659. The van der Waals surface area contributed by atoms with Gasteiger partial charge in [0.2, 0.25) is 11.8 Å². The summed E-state index contributed by atoms with van der Waals surface area (Å²) in [6, 6.07) is 28.9. The molecule has 1 atom stereocenters. The molecule has 40 heavy (non-hydrogen) atoms. The third-order valence-electron chi connectivity index (χ3n) is 7.16. The lowest BCUT2D eigenvalue weighted by Gasteiger charge is -2.31. The molecule has 0 spiro atoms. The zero-order chi connectivity index (χ0) is 27.7. The van der Waals surface area contributed by atoms with Crippen molar-refractivity contribution in [3.8, 4) is 0 Å². The minimum absolute atomic E-state index is 0.114. The zero-order valence-electron chi connectivity index (χ0n) is 22.3. The van der Waals surface area contributed by atoms with Gasteiger partial charge in [-0.2, -0.15) is 0 Å². The number of amides is 2. The van der Waals surface area contributed by atoms with Crippen molar-refractivity contribution in [1.82, 2.24) is 9.80 Å². The summed E-state index contributed by atoms with van der Waals surface area (Å²) in [6.45, 7) is 1.34. The molecule has 0 N–H and O–H groups in total. The molecule has 1 fully saturated rings. The Balaban J connectivity index is 1.43. The monoisotopic (exact) mass is 540 g/mol. The van der Waals surface area contributed by atoms with Crippen molar-refractivity contribution in [2.45, 2.75) is 38.0 Å². The van der Waals surface area contributed by atoms with Gasteiger partial charge in [0, 0.05) is 19.7 Å². The van der Waals surface area contributed by atoms with Gasteiger partial charge in [0.15, 0.2) is 0 Å². The normalized spacial score (nSPS) is 14.8. The highest BCUT2D eigenvalue weighted by molar-refractivity contribution is 5.91. The molecule has 2 heterocycles. The molecule has 7 heteroatoms. The first-order chi connectivity index (χ1) is 19.6. The van der Waals surface area contributed by atoms with Crippen LogP contribution in [0.3, 0.4) is 0 Å². The second-order valence-electron chi connectivity index (χ2n) is 10.1. The molecule has 0 radical (unpaired) electrons. The van der Waals surface area contributed by atoms with E-state index < -0.39 is 5.92 Å². The van der Waals surface area contributed by atoms with Crippen LogP contribution in [-0.4, -0.2) is 47.4 Å². The highest BCUT2D eigenvalue weighted by Gasteiger charge is 2.32. The summed E-state index contributed by atoms with van der Waals surface area (Å²) in [5, 5.41) is 0. The van der Waals surface area contributed by atoms with E-state index in [-0.39, 0.29) is 43.4 Å². The highest BCUT2D eigenvalue weighted by atomic mass is 19.1. The summed E-state index contributed by atoms with van der Waals surface area (Å²) in [4.78, 5) is 31.5. The molecule has 1 aromatic heterocycles. The fourth-order valence-corrected chi connectivity index (χ4v) is 5.11. The van der Waals surface area contributed by atoms with Crippen molar-refractivity contribution in [2.24, 2.45) is 0 Å². The van der Waals surface area contributed by atoms with E-state index in [2.05, 4.69) is 0 Å². The molecule has 6 nitrogen and oxygen atoms in total. The van der Waals surface area contributed by atoms with E-state index >= 15 is 0 Å². The largest absolute Gasteiger partial charge is 0.467 e. The number of halogens is 1. The van der Waals surface area contributed by atoms with E-state index in [9.17, 15) is 14.0 Å². The molecule has 5 rings (SSSR count). The Morgan fingerprint density at radius 1 is 0.825 bits per heavy atom. The number of ether oxygens (including phenoxy) is 1. The van der Waals surface area contributed by atoms with E-state index in [0.29, 0.717) is 18.9 Å². The maximum Gasteiger partial charge on any atom is 0.242 e. The van der Waals surface area contributed by atoms with Gasteiger partial charge in [-0.15, -0.1) is 0 Å². The smallest absolute Gasteiger partial charge is 0.242 e. The zero-order valence-corrected chi connectivity index (χ0v) is 22.3. The van der Waals surface area contributed by atoms with Crippen molar-refractivity contribution in [2.75, 3.05) is 19.7 Å². The third kappa shape index (κ3) is 7.04. The van der Waals surface area contributed by atoms with E-state index in [1.165, 1.54) is 12.1 Å². The van der Waals surface area contributed by atoms with Gasteiger partial charge in [-0.1, -0.05) is 72.8 Å². The lowest BCUT2D eigenvalue weighted by atomic mass is 9.90. The van der Waals surface area contributed by atoms with E-state index in [0.717, 1.165) is 29.5 Å². The second-order valence-corrected chi connectivity index (χ2v) is 10.1. The predicted octanol–water partition coefficient (Wildman–Crippen LogP) is 5.79. The predicted molar refractivity (Wildman–Crippen MR) is 150 cm³/mol. The molecule has 1 unspecified atom stereocenters. The van der Waals surface area contributed by atoms with Gasteiger partial charge in [0.25, 0.3) is 0 Å². The summed E-state index contributed by atoms with van der Waals surface area (Å²) in [6.07, 6.45) is 3.20. The van der Waals surface area contributed by atoms with Crippen LogP contribution in [0.15, 0.2) is 108 Å². The molecule has 4 aromatic rings. The fourth-order valence-electron chi connectivity index (χ4n) is 5.11. The van der Waals surface area contributed by atoms with E-state index in [1.807, 2.05) is 60.7 Å². The first kappa shape index (κ1) is 27.3. The highest BCUT2D eigenvalue weighted by Crippen LogP contribution is 2.28. The summed E-state index contributed by atoms with van der Waals surface area (Å²) in [5.41, 5.74) is 2.51. The molecule has 206 valence electrons. The van der Waals surface area contributed by atoms with Crippen LogP contribution in [0.1, 0.15) is 41.2 Å². The van der Waals surface area contributed by atoms with Gasteiger partial charge in [0.1, 0.15) is 11.6 Å². The number of carbonyl (C=O) groups is 2. The summed E-state index contributed by atoms with van der Waals surface area (Å²) in [7, 11) is 0. The summed E-state index contributed by atoms with van der Waals surface area (Å²) >= 11 is 0. The molecule has 2 amide bonds. The van der Waals surface area contributed by atoms with Crippen LogP contribution in [0.25, 0.3) is 0 Å². The van der Waals surface area contributed by atoms with Gasteiger partial charge in [-0.3, -0.25) is 9.59 Å². The van der Waals surface area contributed by atoms with Gasteiger partial charge < -0.3 is 19.0 Å². The lowest BCUT2D eigenvalue weighted by Crippen LogP contribution is -2.47. The van der Waals surface area contributed by atoms with Crippen molar-refractivity contribution in [3.05, 3.63) is 132 Å². The average Bonchev–Trinajstić information content (AvgIpc) is 3.69. The SMILES string of the molecule is O=C(CN(CC1CCCO1)C(=O)C(c1ccccc1)c1ccccc1)N(Cc1ccc(F)cc1)Cc1ccco1. The van der Waals surface area contributed by atoms with Crippen molar-refractivity contribution in [3.63, 3.8) is 0 Å². The van der Waals surface area contributed by atoms with Crippen molar-refractivity contribution < 1.29 is 23.1 Å². The number of furan rings is 1. The van der Waals surface area contributed by atoms with E-state index in [1.54, 1.807) is 40.3 Å². The maximum absolute atomic E-state index is 14.3. The topological polar surface area (TPSA) is 63.0 Å². The fraction of sp³-hybridized carbons (Fsp3) is 0.273. The standard InChI is InChI=1S/C33H33FN2O4/c34-28-17-15-25(16-18-28)21-35(22-29-13-7-19-39-29)31(37)24-36(23-30-14-8-20-40-30)33(38)32(26-9-3-1-4-10-26)27-11-5-2-6-12-27/h1-7,9-13,15-19,30,32H,8,14,20-24H2. The molecular formula is C33H33FN2O4. The Labute approximate surface area is 234 Å². The van der Waals surface area contributed by atoms with Crippen LogP contribution in [0.4, 0.5) is 4.39 Å². The number of hydrogen-bond donors (Lipinski definition) is 0. The van der Waals surface area contributed by atoms with Crippen molar-refractivity contribution in [1.29, 1.82) is 0 Å². The van der Waals surface area contributed by atoms with Gasteiger partial charge >= 0.3 is 0 Å². The molecule has 0 saturated carbocycles. The van der Waals surface area contributed by atoms with Gasteiger partial charge in [0.05, 0.1) is 31.4 Å². The molecule has 0 aliphatic carbocycles. The number of rotatable bonds is 11. The molecule has 1 aliphatic rings. The Kier molecular flexibility index (Phi) is 9.04. The quantitative estimate of drug-likeness (QED) is 0.242. The average molecular weight is 541 g/mol. The molecule has 3 aromatic carbocycles. The number of hydrogen-bond acceptors (Lipinski definition) is 4. The Bertz CT molecular complexity index is 1320. The van der Waals surface area contributed by atoms with E-state index in [4.69, 9.17) is 9.15 Å². The summed E-state index contributed by atoms with van der Waals surface area (Å²) < 4.78 is 25.0. The van der Waals surface area contributed by atoms with Gasteiger partial charge in [-0.05, 0) is 53.8 Å². The van der Waals surface area contributed by atoms with Gasteiger partial charge in [-0.25, -0.2) is 4.39 Å². The first-order valence-corrected chi connectivity index (χ1v) is 13.6. The Morgan fingerprint density at radius 2 is 1.50 bits per heavy atom. The number of benzene rings is 3. The van der Waals surface area contributed by atoms with Crippen molar-refractivity contribution >= 4 is 11.8 Å². The lowest BCUT2D eigenvalue weighted by molar-refractivity contribution is -0.143. The van der Waals surface area contributed by atoms with Crippen LogP contribution in [0.2, 0.25) is 0 Å². The van der Waals surface area contributed by atoms with Crippen LogP contribution in [0.5, 0.6) is 0 Å². The Hall–Kier alpha value is -4.23. The molecule has 1 aliphatic heterocycles. The second kappa shape index (κ2) is 13.2. The molecular weight excluding hydrogens is 507 g/mol. The molecule has 1 saturated heterocycles. The van der Waals surface area contributed by atoms with Crippen LogP contribution in [0, 0.1) is 5.82 Å². The van der Waals surface area contributed by atoms with Crippen LogP contribution >= 0.6 is 0 Å². The third-order valence-corrected chi connectivity index (χ3v) is 7.16. The Morgan fingerprint density at radius 3 is 2.08 bits per heavy atom. The number of nitrogens with zero attached hydrogens (tertiary/aromatic N) is 2. The molecule has 0 bridgehead atoms. The maximum atomic E-state index is 14.3. The minimum Gasteiger partial charge on any atom is -0.467 e. The minimum atomic E-state index is -0.563. The van der Waals surface area contributed by atoms with Crippen LogP contribution in [-0.2, 0) is 27.4 Å². The first-order valence-electron chi connectivity index (χ1n) is 13.6.